The van der Waals surface area contributed by atoms with Gasteiger partial charge in [0.1, 0.15) is 17.0 Å². The molecule has 0 amide bonds. The number of halogens is 4. The Morgan fingerprint density at radius 3 is 2.58 bits per heavy atom. The van der Waals surface area contributed by atoms with Crippen molar-refractivity contribution in [2.75, 3.05) is 11.8 Å². The average Bonchev–Trinajstić information content (AvgIpc) is 3.52. The van der Waals surface area contributed by atoms with E-state index >= 15 is 8.78 Å². The van der Waals surface area contributed by atoms with Crippen molar-refractivity contribution in [3.05, 3.63) is 71.3 Å². The van der Waals surface area contributed by atoms with Crippen LogP contribution in [0.2, 0.25) is 5.02 Å². The summed E-state index contributed by atoms with van der Waals surface area (Å²) >= 11 is 5.85. The monoisotopic (exact) mass is 534 g/mol. The lowest BCUT2D eigenvalue weighted by Crippen LogP contribution is -2.16. The van der Waals surface area contributed by atoms with Gasteiger partial charge in [-0.05, 0) is 30.3 Å². The van der Waals surface area contributed by atoms with Gasteiger partial charge in [0, 0.05) is 23.3 Å². The van der Waals surface area contributed by atoms with Gasteiger partial charge in [0.2, 0.25) is 5.88 Å². The predicted octanol–water partition coefficient (Wildman–Crippen LogP) is 4.90. The van der Waals surface area contributed by atoms with Gasteiger partial charge in [-0.25, -0.2) is 26.6 Å². The smallest absolute Gasteiger partial charge is 0.267 e. The number of aromatic amines is 2. The maximum atomic E-state index is 15.5. The van der Waals surface area contributed by atoms with Crippen molar-refractivity contribution in [3.63, 3.8) is 0 Å². The van der Waals surface area contributed by atoms with Crippen molar-refractivity contribution in [3.8, 4) is 28.4 Å². The van der Waals surface area contributed by atoms with Gasteiger partial charge < -0.3 is 4.74 Å². The number of pyridine rings is 1. The topological polar surface area (TPSA) is 126 Å². The molecule has 0 unspecified atom stereocenters. The first-order valence-corrected chi connectivity index (χ1v) is 11.9. The van der Waals surface area contributed by atoms with Gasteiger partial charge in [0.05, 0.1) is 29.1 Å². The zero-order chi connectivity index (χ0) is 25.6. The van der Waals surface area contributed by atoms with E-state index in [0.717, 1.165) is 18.2 Å². The Balaban J connectivity index is 1.60. The van der Waals surface area contributed by atoms with E-state index in [-0.39, 0.29) is 16.4 Å². The number of rotatable bonds is 6. The summed E-state index contributed by atoms with van der Waals surface area (Å²) in [6, 6.07) is 6.99. The molecule has 3 aromatic heterocycles. The van der Waals surface area contributed by atoms with E-state index in [1.165, 1.54) is 31.6 Å². The van der Waals surface area contributed by atoms with E-state index in [9.17, 15) is 12.8 Å². The van der Waals surface area contributed by atoms with Gasteiger partial charge in [-0.3, -0.25) is 14.9 Å². The summed E-state index contributed by atoms with van der Waals surface area (Å²) in [6.45, 7) is 0. The lowest BCUT2D eigenvalue weighted by molar-refractivity contribution is 0.385. The van der Waals surface area contributed by atoms with Crippen LogP contribution >= 0.6 is 11.6 Å². The Labute approximate surface area is 206 Å². The predicted molar refractivity (Wildman–Crippen MR) is 126 cm³/mol. The first-order chi connectivity index (χ1) is 17.2. The van der Waals surface area contributed by atoms with Gasteiger partial charge >= 0.3 is 0 Å². The van der Waals surface area contributed by atoms with Crippen LogP contribution in [-0.2, 0) is 10.0 Å². The summed E-state index contributed by atoms with van der Waals surface area (Å²) < 4.78 is 78.5. The molecule has 2 aromatic carbocycles. The van der Waals surface area contributed by atoms with Crippen molar-refractivity contribution < 1.29 is 26.3 Å². The van der Waals surface area contributed by atoms with Crippen LogP contribution in [-0.4, -0.2) is 40.9 Å². The van der Waals surface area contributed by atoms with Crippen LogP contribution in [0.3, 0.4) is 0 Å². The van der Waals surface area contributed by atoms with Crippen molar-refractivity contribution in [1.82, 2.24) is 25.4 Å². The van der Waals surface area contributed by atoms with Crippen LogP contribution < -0.4 is 9.46 Å². The van der Waals surface area contributed by atoms with Crippen LogP contribution in [0.5, 0.6) is 5.88 Å². The zero-order valence-electron chi connectivity index (χ0n) is 18.1. The van der Waals surface area contributed by atoms with E-state index in [1.807, 2.05) is 4.72 Å². The SMILES string of the molecule is COc1ncc(Cl)cc1S(=O)(=O)Nc1ccc(F)c(-c2ccc3c(-c4ccn[nH]4)n[nH]c3c2F)c1F. The number of anilines is 1. The molecule has 5 aromatic rings. The fraction of sp³-hybridized carbons (Fsp3) is 0.0455. The first-order valence-electron chi connectivity index (χ1n) is 10.1. The van der Waals surface area contributed by atoms with Crippen LogP contribution in [0.1, 0.15) is 0 Å². The second kappa shape index (κ2) is 8.84. The molecule has 0 saturated heterocycles. The molecule has 0 aliphatic carbocycles. The largest absolute Gasteiger partial charge is 0.480 e. The first kappa shape index (κ1) is 23.6. The molecule has 0 bridgehead atoms. The van der Waals surface area contributed by atoms with Crippen molar-refractivity contribution in [1.29, 1.82) is 0 Å². The molecular weight excluding hydrogens is 521 g/mol. The average molecular weight is 535 g/mol. The number of fused-ring (bicyclic) bond motifs is 1. The van der Waals surface area contributed by atoms with Crippen LogP contribution in [0.25, 0.3) is 33.4 Å². The third-order valence-corrected chi connectivity index (χ3v) is 6.87. The van der Waals surface area contributed by atoms with Gasteiger partial charge in [0.25, 0.3) is 10.0 Å². The fourth-order valence-electron chi connectivity index (χ4n) is 3.67. The number of methoxy groups -OCH3 is 1. The summed E-state index contributed by atoms with van der Waals surface area (Å²) in [5.41, 5.74) is -1.08. The Hall–Kier alpha value is -4.10. The van der Waals surface area contributed by atoms with Crippen molar-refractivity contribution >= 4 is 38.2 Å². The molecule has 0 spiro atoms. The van der Waals surface area contributed by atoms with E-state index in [4.69, 9.17) is 16.3 Å². The highest BCUT2D eigenvalue weighted by Crippen LogP contribution is 2.37. The minimum Gasteiger partial charge on any atom is -0.480 e. The number of nitrogens with zero attached hydrogens (tertiary/aromatic N) is 3. The van der Waals surface area contributed by atoms with Crippen LogP contribution in [0, 0.1) is 17.5 Å². The van der Waals surface area contributed by atoms with Crippen LogP contribution in [0.4, 0.5) is 18.9 Å². The minimum atomic E-state index is -4.48. The fourth-order valence-corrected chi connectivity index (χ4v) is 5.10. The summed E-state index contributed by atoms with van der Waals surface area (Å²) in [5, 5.41) is 13.4. The molecule has 0 fully saturated rings. The van der Waals surface area contributed by atoms with E-state index in [0.29, 0.717) is 16.8 Å². The summed E-state index contributed by atoms with van der Waals surface area (Å²) in [4.78, 5) is 3.30. The summed E-state index contributed by atoms with van der Waals surface area (Å²) in [7, 11) is -3.29. The number of hydrogen-bond donors (Lipinski definition) is 3. The minimum absolute atomic E-state index is 0.0131. The highest BCUT2D eigenvalue weighted by atomic mass is 35.5. The molecule has 3 heterocycles. The highest BCUT2D eigenvalue weighted by Gasteiger charge is 2.26. The maximum absolute atomic E-state index is 15.5. The maximum Gasteiger partial charge on any atom is 0.267 e. The number of sulfonamides is 1. The Bertz CT molecular complexity index is 1730. The van der Waals surface area contributed by atoms with Gasteiger partial charge in [-0.1, -0.05) is 17.7 Å². The van der Waals surface area contributed by atoms with E-state index in [2.05, 4.69) is 25.4 Å². The Morgan fingerprint density at radius 2 is 1.86 bits per heavy atom. The third-order valence-electron chi connectivity index (χ3n) is 5.30. The van der Waals surface area contributed by atoms with Crippen LogP contribution in [0.15, 0.2) is 53.7 Å². The molecular formula is C22H14ClF3N6O3S. The van der Waals surface area contributed by atoms with Crippen molar-refractivity contribution in [2.45, 2.75) is 4.90 Å². The number of nitrogens with one attached hydrogen (secondary N) is 3. The number of aromatic nitrogens is 5. The van der Waals surface area contributed by atoms with Gasteiger partial charge in [-0.15, -0.1) is 0 Å². The normalized spacial score (nSPS) is 11.7. The number of hydrogen-bond acceptors (Lipinski definition) is 6. The molecule has 3 N–H and O–H groups in total. The molecule has 14 heteroatoms. The number of ether oxygens (including phenoxy) is 1. The second-order valence-electron chi connectivity index (χ2n) is 7.44. The molecule has 0 radical (unpaired) electrons. The van der Waals surface area contributed by atoms with Crippen molar-refractivity contribution in [2.24, 2.45) is 0 Å². The lowest BCUT2D eigenvalue weighted by Gasteiger charge is -2.14. The summed E-state index contributed by atoms with van der Waals surface area (Å²) in [5.74, 6) is -3.72. The highest BCUT2D eigenvalue weighted by molar-refractivity contribution is 7.92. The van der Waals surface area contributed by atoms with Gasteiger partial charge in [0.15, 0.2) is 16.5 Å². The molecule has 0 atom stereocenters. The second-order valence-corrected chi connectivity index (χ2v) is 9.53. The molecule has 184 valence electrons. The third kappa shape index (κ3) is 3.91. The van der Waals surface area contributed by atoms with E-state index in [1.54, 1.807) is 6.07 Å². The van der Waals surface area contributed by atoms with E-state index < -0.39 is 49.2 Å². The number of benzene rings is 2. The number of H-pyrrole nitrogens is 2. The molecule has 0 saturated carbocycles. The molecule has 9 nitrogen and oxygen atoms in total. The molecule has 0 aliphatic heterocycles. The molecule has 5 rings (SSSR count). The lowest BCUT2D eigenvalue weighted by atomic mass is 10.0. The summed E-state index contributed by atoms with van der Waals surface area (Å²) in [6.07, 6.45) is 2.66. The Kier molecular flexibility index (Phi) is 5.80. The molecule has 36 heavy (non-hydrogen) atoms. The molecule has 0 aliphatic rings. The quantitative estimate of drug-likeness (QED) is 0.285. The Morgan fingerprint density at radius 1 is 1.06 bits per heavy atom. The van der Waals surface area contributed by atoms with Gasteiger partial charge in [-0.2, -0.15) is 10.2 Å². The standard InChI is InChI=1S/C22H14ClF3N6O3S/c1-35-22-16(8-10(23)9-27-22)36(33,34)32-14-5-4-13(24)17(19(14)26)11-2-3-12-20(15-6-7-28-29-15)30-31-21(12)18(11)25/h2-9,32H,1H3,(H,28,29)(H,30,31). The zero-order valence-corrected chi connectivity index (χ0v) is 19.7.